The van der Waals surface area contributed by atoms with Gasteiger partial charge >= 0.3 is 0 Å². The third kappa shape index (κ3) is 4.26. The average molecular weight is 395 g/mol. The van der Waals surface area contributed by atoms with Crippen LogP contribution in [0.3, 0.4) is 0 Å². The van der Waals surface area contributed by atoms with Crippen molar-refractivity contribution >= 4 is 17.5 Å². The van der Waals surface area contributed by atoms with Crippen molar-refractivity contribution in [2.45, 2.75) is 12.8 Å². The first-order valence-corrected chi connectivity index (χ1v) is 9.97. The number of nitrogens with one attached hydrogen (secondary N) is 2. The molecule has 0 saturated carbocycles. The van der Waals surface area contributed by atoms with E-state index in [2.05, 4.69) is 10.6 Å². The summed E-state index contributed by atoms with van der Waals surface area (Å²) >= 11 is 6.04. The average Bonchev–Trinajstić information content (AvgIpc) is 3.40. The van der Waals surface area contributed by atoms with Crippen LogP contribution in [0.15, 0.2) is 60.8 Å². The first-order valence-electron chi connectivity index (χ1n) is 9.59. The van der Waals surface area contributed by atoms with Crippen LogP contribution in [0.5, 0.6) is 0 Å². The van der Waals surface area contributed by atoms with Crippen molar-refractivity contribution in [1.29, 1.82) is 0 Å². The maximum Gasteiger partial charge on any atom is 0.224 e. The van der Waals surface area contributed by atoms with Crippen LogP contribution < -0.4 is 10.6 Å². The fraction of sp³-hybridized carbons (Fsp3) is 0.273. The first kappa shape index (κ1) is 18.7. The number of aromatic nitrogens is 2. The Hall–Kier alpha value is -2.63. The highest BCUT2D eigenvalue weighted by Gasteiger charge is 2.22. The summed E-state index contributed by atoms with van der Waals surface area (Å²) in [6, 6.07) is 17.7. The van der Waals surface area contributed by atoms with Gasteiger partial charge in [-0.05, 0) is 43.7 Å². The normalized spacial score (nSPS) is 16.2. The largest absolute Gasteiger partial charge is 0.355 e. The van der Waals surface area contributed by atoms with Gasteiger partial charge in [0.2, 0.25) is 5.91 Å². The molecule has 3 aromatic rings. The van der Waals surface area contributed by atoms with E-state index < -0.39 is 0 Å². The number of carbonyl (C=O) groups is 1. The molecule has 0 spiro atoms. The molecule has 2 heterocycles. The van der Waals surface area contributed by atoms with Crippen LogP contribution in [-0.4, -0.2) is 35.3 Å². The summed E-state index contributed by atoms with van der Waals surface area (Å²) in [6.45, 7) is 2.28. The van der Waals surface area contributed by atoms with E-state index in [0.717, 1.165) is 48.4 Å². The maximum atomic E-state index is 12.3. The molecule has 144 valence electrons. The molecule has 1 fully saturated rings. The third-order valence-electron chi connectivity index (χ3n) is 5.05. The summed E-state index contributed by atoms with van der Waals surface area (Å²) in [5.41, 5.74) is 4.03. The van der Waals surface area contributed by atoms with Crippen LogP contribution in [0.2, 0.25) is 5.02 Å². The Kier molecular flexibility index (Phi) is 5.74. The fourth-order valence-corrected chi connectivity index (χ4v) is 3.63. The number of hydrogen-bond donors (Lipinski definition) is 2. The molecular formula is C22H23ClN4O. The summed E-state index contributed by atoms with van der Waals surface area (Å²) in [4.78, 5) is 12.3. The fourth-order valence-electron chi connectivity index (χ4n) is 3.50. The molecule has 1 saturated heterocycles. The lowest BCUT2D eigenvalue weighted by Crippen LogP contribution is -2.33. The summed E-state index contributed by atoms with van der Waals surface area (Å²) in [6.07, 6.45) is 3.67. The van der Waals surface area contributed by atoms with Crippen LogP contribution in [0.4, 0.5) is 0 Å². The van der Waals surface area contributed by atoms with E-state index in [1.165, 1.54) is 0 Å². The zero-order valence-corrected chi connectivity index (χ0v) is 16.3. The predicted octanol–water partition coefficient (Wildman–Crippen LogP) is 3.46. The standard InChI is InChI=1S/C22H23ClN4O/c23-19-8-6-16(7-9-19)21-18(11-13-25-22(28)17-10-12-24-14-17)15-27(26-21)20-4-2-1-3-5-20/h1-9,15,17,24H,10-14H2,(H,25,28). The quantitative estimate of drug-likeness (QED) is 0.673. The van der Waals surface area contributed by atoms with Crippen LogP contribution in [-0.2, 0) is 11.2 Å². The van der Waals surface area contributed by atoms with Crippen LogP contribution in [0.1, 0.15) is 12.0 Å². The highest BCUT2D eigenvalue weighted by Crippen LogP contribution is 2.25. The van der Waals surface area contributed by atoms with E-state index >= 15 is 0 Å². The number of nitrogens with zero attached hydrogens (tertiary/aromatic N) is 2. The second-order valence-corrected chi connectivity index (χ2v) is 7.46. The number of carbonyl (C=O) groups excluding carboxylic acids is 1. The Balaban J connectivity index is 1.54. The van der Waals surface area contributed by atoms with Crippen LogP contribution in [0.25, 0.3) is 16.9 Å². The van der Waals surface area contributed by atoms with Gasteiger partial charge in [0.05, 0.1) is 17.3 Å². The smallest absolute Gasteiger partial charge is 0.224 e. The van der Waals surface area contributed by atoms with Crippen LogP contribution >= 0.6 is 11.6 Å². The van der Waals surface area contributed by atoms with Crippen molar-refractivity contribution in [3.8, 4) is 16.9 Å². The van der Waals surface area contributed by atoms with Crippen molar-refractivity contribution in [1.82, 2.24) is 20.4 Å². The number of amides is 1. The highest BCUT2D eigenvalue weighted by molar-refractivity contribution is 6.30. The van der Waals surface area contributed by atoms with Gasteiger partial charge in [-0.15, -0.1) is 0 Å². The SMILES string of the molecule is O=C(NCCc1cn(-c2ccccc2)nc1-c1ccc(Cl)cc1)C1CCNC1. The summed E-state index contributed by atoms with van der Waals surface area (Å²) in [7, 11) is 0. The van der Waals surface area contributed by atoms with Crippen LogP contribution in [0, 0.1) is 5.92 Å². The van der Waals surface area contributed by atoms with Crippen molar-refractivity contribution < 1.29 is 4.79 Å². The maximum absolute atomic E-state index is 12.3. The Morgan fingerprint density at radius 3 is 2.68 bits per heavy atom. The summed E-state index contributed by atoms with van der Waals surface area (Å²) in [5.74, 6) is 0.219. The molecule has 5 nitrogen and oxygen atoms in total. The zero-order chi connectivity index (χ0) is 19.3. The number of rotatable bonds is 6. The van der Waals surface area contributed by atoms with E-state index in [4.69, 9.17) is 16.7 Å². The molecule has 0 aliphatic carbocycles. The van der Waals surface area contributed by atoms with E-state index in [9.17, 15) is 4.79 Å². The van der Waals surface area contributed by atoms with Gasteiger partial charge in [-0.25, -0.2) is 4.68 Å². The van der Waals surface area contributed by atoms with E-state index in [0.29, 0.717) is 11.6 Å². The van der Waals surface area contributed by atoms with Gasteiger partial charge in [0, 0.05) is 35.4 Å². The third-order valence-corrected chi connectivity index (χ3v) is 5.31. The Morgan fingerprint density at radius 1 is 1.18 bits per heavy atom. The highest BCUT2D eigenvalue weighted by atomic mass is 35.5. The monoisotopic (exact) mass is 394 g/mol. The van der Waals surface area contributed by atoms with Crippen molar-refractivity contribution in [3.63, 3.8) is 0 Å². The second-order valence-electron chi connectivity index (χ2n) is 7.02. The first-order chi connectivity index (χ1) is 13.7. The number of para-hydroxylation sites is 1. The lowest BCUT2D eigenvalue weighted by atomic mass is 10.1. The molecule has 1 atom stereocenters. The lowest BCUT2D eigenvalue weighted by Gasteiger charge is -2.09. The number of halogens is 1. The van der Waals surface area contributed by atoms with Gasteiger partial charge in [0.15, 0.2) is 0 Å². The lowest BCUT2D eigenvalue weighted by molar-refractivity contribution is -0.124. The van der Waals surface area contributed by atoms with E-state index in [1.54, 1.807) is 0 Å². The van der Waals surface area contributed by atoms with E-state index in [1.807, 2.05) is 65.5 Å². The molecule has 0 bridgehead atoms. The molecule has 1 amide bonds. The molecule has 1 aliphatic rings. The van der Waals surface area contributed by atoms with Gasteiger partial charge in [-0.3, -0.25) is 4.79 Å². The Labute approximate surface area is 169 Å². The Bertz CT molecular complexity index is 931. The molecule has 1 aromatic heterocycles. The van der Waals surface area contributed by atoms with Crippen molar-refractivity contribution in [2.24, 2.45) is 5.92 Å². The molecular weight excluding hydrogens is 372 g/mol. The van der Waals surface area contributed by atoms with E-state index in [-0.39, 0.29) is 11.8 Å². The molecule has 1 aliphatic heterocycles. The van der Waals surface area contributed by atoms with Crippen molar-refractivity contribution in [3.05, 3.63) is 71.4 Å². The molecule has 28 heavy (non-hydrogen) atoms. The summed E-state index contributed by atoms with van der Waals surface area (Å²) < 4.78 is 1.89. The Morgan fingerprint density at radius 2 is 1.96 bits per heavy atom. The zero-order valence-electron chi connectivity index (χ0n) is 15.6. The summed E-state index contributed by atoms with van der Waals surface area (Å²) in [5, 5.41) is 11.8. The number of hydrogen-bond acceptors (Lipinski definition) is 3. The minimum absolute atomic E-state index is 0.0859. The van der Waals surface area contributed by atoms with Crippen molar-refractivity contribution in [2.75, 3.05) is 19.6 Å². The minimum Gasteiger partial charge on any atom is -0.355 e. The van der Waals surface area contributed by atoms with Gasteiger partial charge in [0.25, 0.3) is 0 Å². The predicted molar refractivity (Wildman–Crippen MR) is 112 cm³/mol. The number of benzene rings is 2. The van der Waals surface area contributed by atoms with Gasteiger partial charge < -0.3 is 10.6 Å². The molecule has 2 aromatic carbocycles. The molecule has 4 rings (SSSR count). The molecule has 0 radical (unpaired) electrons. The molecule has 2 N–H and O–H groups in total. The molecule has 6 heteroatoms. The van der Waals surface area contributed by atoms with Gasteiger partial charge in [-0.1, -0.05) is 41.9 Å². The second kappa shape index (κ2) is 8.59. The van der Waals surface area contributed by atoms with Gasteiger partial charge in [-0.2, -0.15) is 5.10 Å². The van der Waals surface area contributed by atoms with Gasteiger partial charge in [0.1, 0.15) is 0 Å². The minimum atomic E-state index is 0.0859. The topological polar surface area (TPSA) is 59.0 Å². The molecule has 1 unspecified atom stereocenters.